The number of aryl methyl sites for hydroxylation is 1. The monoisotopic (exact) mass is 211 g/mol. The molecule has 2 heteroatoms. The first-order chi connectivity index (χ1) is 7.66. The number of rotatable bonds is 2. The average molecular weight is 211 g/mol. The molecule has 0 spiro atoms. The zero-order chi connectivity index (χ0) is 11.5. The maximum atomic E-state index is 11.1. The summed E-state index contributed by atoms with van der Waals surface area (Å²) in [5.74, 6) is 0.0447. The highest BCUT2D eigenvalue weighted by Crippen LogP contribution is 2.18. The summed E-state index contributed by atoms with van der Waals surface area (Å²) in [5.41, 5.74) is 3.83. The van der Waals surface area contributed by atoms with E-state index in [2.05, 4.69) is 11.1 Å². The summed E-state index contributed by atoms with van der Waals surface area (Å²) in [7, 11) is 0. The number of ketones is 1. The third kappa shape index (κ3) is 2.16. The van der Waals surface area contributed by atoms with Gasteiger partial charge in [0.15, 0.2) is 5.78 Å². The van der Waals surface area contributed by atoms with Crippen molar-refractivity contribution in [2.24, 2.45) is 0 Å². The van der Waals surface area contributed by atoms with Gasteiger partial charge < -0.3 is 0 Å². The van der Waals surface area contributed by atoms with E-state index < -0.39 is 0 Å². The predicted octanol–water partition coefficient (Wildman–Crippen LogP) is 3.26. The zero-order valence-corrected chi connectivity index (χ0v) is 9.40. The van der Waals surface area contributed by atoms with Crippen molar-refractivity contribution in [2.75, 3.05) is 0 Å². The van der Waals surface area contributed by atoms with E-state index in [9.17, 15) is 4.79 Å². The molecular formula is C14H13NO. The van der Waals surface area contributed by atoms with Crippen LogP contribution in [0, 0.1) is 6.92 Å². The van der Waals surface area contributed by atoms with Crippen LogP contribution in [0.4, 0.5) is 0 Å². The van der Waals surface area contributed by atoms with Crippen LogP contribution < -0.4 is 0 Å². The second kappa shape index (κ2) is 4.27. The van der Waals surface area contributed by atoms with Crippen LogP contribution in [0.1, 0.15) is 22.8 Å². The molecule has 2 aromatic rings. The lowest BCUT2D eigenvalue weighted by atomic mass is 10.1. The van der Waals surface area contributed by atoms with Crippen molar-refractivity contribution in [1.82, 2.24) is 4.98 Å². The molecule has 0 bridgehead atoms. The smallest absolute Gasteiger partial charge is 0.161 e. The molecule has 16 heavy (non-hydrogen) atoms. The standard InChI is InChI=1S/C14H13NO/c1-10-4-3-5-12(8-10)14-7-6-13(9-15-14)11(2)16/h3-9H,1-2H3. The molecule has 80 valence electrons. The normalized spacial score (nSPS) is 10.1. The maximum Gasteiger partial charge on any atom is 0.161 e. The van der Waals surface area contributed by atoms with Gasteiger partial charge in [-0.2, -0.15) is 0 Å². The Morgan fingerprint density at radius 2 is 2.00 bits per heavy atom. The van der Waals surface area contributed by atoms with Crippen LogP contribution in [-0.4, -0.2) is 10.8 Å². The predicted molar refractivity (Wildman–Crippen MR) is 64.4 cm³/mol. The van der Waals surface area contributed by atoms with Gasteiger partial charge in [0.1, 0.15) is 0 Å². The Morgan fingerprint density at radius 3 is 2.56 bits per heavy atom. The number of benzene rings is 1. The molecule has 0 N–H and O–H groups in total. The van der Waals surface area contributed by atoms with Gasteiger partial charge in [0.05, 0.1) is 5.69 Å². The second-order valence-corrected chi connectivity index (χ2v) is 3.86. The van der Waals surface area contributed by atoms with E-state index in [0.717, 1.165) is 11.3 Å². The molecule has 1 heterocycles. The lowest BCUT2D eigenvalue weighted by Gasteiger charge is -2.02. The van der Waals surface area contributed by atoms with Crippen molar-refractivity contribution >= 4 is 5.78 Å². The topological polar surface area (TPSA) is 30.0 Å². The summed E-state index contributed by atoms with van der Waals surface area (Å²) >= 11 is 0. The Morgan fingerprint density at radius 1 is 1.19 bits per heavy atom. The van der Waals surface area contributed by atoms with Gasteiger partial charge in [0, 0.05) is 17.3 Å². The summed E-state index contributed by atoms with van der Waals surface area (Å²) in [6.07, 6.45) is 1.62. The lowest BCUT2D eigenvalue weighted by molar-refractivity contribution is 0.101. The number of hydrogen-bond acceptors (Lipinski definition) is 2. The van der Waals surface area contributed by atoms with Crippen LogP contribution in [0.15, 0.2) is 42.6 Å². The molecule has 1 aromatic carbocycles. The summed E-state index contributed by atoms with van der Waals surface area (Å²) < 4.78 is 0. The number of hydrogen-bond donors (Lipinski definition) is 0. The van der Waals surface area contributed by atoms with E-state index in [1.54, 1.807) is 13.1 Å². The van der Waals surface area contributed by atoms with Crippen molar-refractivity contribution < 1.29 is 4.79 Å². The Hall–Kier alpha value is -1.96. The summed E-state index contributed by atoms with van der Waals surface area (Å²) in [5, 5.41) is 0. The number of pyridine rings is 1. The molecule has 1 aromatic heterocycles. The van der Waals surface area contributed by atoms with Gasteiger partial charge in [0.25, 0.3) is 0 Å². The number of carbonyl (C=O) groups is 1. The van der Waals surface area contributed by atoms with Gasteiger partial charge in [-0.1, -0.05) is 23.8 Å². The highest BCUT2D eigenvalue weighted by atomic mass is 16.1. The van der Waals surface area contributed by atoms with Crippen molar-refractivity contribution in [3.8, 4) is 11.3 Å². The number of carbonyl (C=O) groups excluding carboxylic acids is 1. The number of nitrogens with zero attached hydrogens (tertiary/aromatic N) is 1. The van der Waals surface area contributed by atoms with Crippen LogP contribution in [0.25, 0.3) is 11.3 Å². The fraction of sp³-hybridized carbons (Fsp3) is 0.143. The molecule has 0 saturated carbocycles. The van der Waals surface area contributed by atoms with Crippen LogP contribution in [0.2, 0.25) is 0 Å². The first kappa shape index (κ1) is 10.6. The van der Waals surface area contributed by atoms with Crippen molar-refractivity contribution in [1.29, 1.82) is 0 Å². The molecule has 0 aliphatic carbocycles. The second-order valence-electron chi connectivity index (χ2n) is 3.86. The van der Waals surface area contributed by atoms with Gasteiger partial charge >= 0.3 is 0 Å². The molecule has 0 saturated heterocycles. The van der Waals surface area contributed by atoms with E-state index in [-0.39, 0.29) is 5.78 Å². The highest BCUT2D eigenvalue weighted by molar-refractivity contribution is 5.93. The minimum Gasteiger partial charge on any atom is -0.294 e. The summed E-state index contributed by atoms with van der Waals surface area (Å²) in [6, 6.07) is 11.8. The minimum atomic E-state index is 0.0447. The van der Waals surface area contributed by atoms with Gasteiger partial charge in [-0.25, -0.2) is 0 Å². The minimum absolute atomic E-state index is 0.0447. The Kier molecular flexibility index (Phi) is 2.82. The van der Waals surface area contributed by atoms with Gasteiger partial charge in [-0.15, -0.1) is 0 Å². The van der Waals surface area contributed by atoms with Crippen molar-refractivity contribution in [3.63, 3.8) is 0 Å². The van der Waals surface area contributed by atoms with Crippen LogP contribution in [0.3, 0.4) is 0 Å². The molecule has 2 nitrogen and oxygen atoms in total. The largest absolute Gasteiger partial charge is 0.294 e. The van der Waals surface area contributed by atoms with Crippen LogP contribution in [-0.2, 0) is 0 Å². The van der Waals surface area contributed by atoms with Gasteiger partial charge in [0.2, 0.25) is 0 Å². The SMILES string of the molecule is CC(=O)c1ccc(-c2cccc(C)c2)nc1. The van der Waals surface area contributed by atoms with Crippen molar-refractivity contribution in [3.05, 3.63) is 53.7 Å². The highest BCUT2D eigenvalue weighted by Gasteiger charge is 2.02. The average Bonchev–Trinajstić information content (AvgIpc) is 2.29. The first-order valence-electron chi connectivity index (χ1n) is 5.21. The fourth-order valence-electron chi connectivity index (χ4n) is 1.58. The van der Waals surface area contributed by atoms with E-state index >= 15 is 0 Å². The third-order valence-electron chi connectivity index (χ3n) is 2.48. The van der Waals surface area contributed by atoms with Crippen LogP contribution >= 0.6 is 0 Å². The Bertz CT molecular complexity index is 515. The number of Topliss-reactive ketones (excluding diaryl/α,β-unsaturated/α-hetero) is 1. The van der Waals surface area contributed by atoms with E-state index in [1.807, 2.05) is 37.3 Å². The molecule has 0 unspecified atom stereocenters. The molecule has 0 radical (unpaired) electrons. The fourth-order valence-corrected chi connectivity index (χ4v) is 1.58. The molecule has 2 rings (SSSR count). The number of aromatic nitrogens is 1. The molecule has 0 aliphatic rings. The molecule has 0 atom stereocenters. The molecule has 0 aliphatic heterocycles. The van der Waals surface area contributed by atoms with Gasteiger partial charge in [-0.3, -0.25) is 9.78 Å². The van der Waals surface area contributed by atoms with E-state index in [0.29, 0.717) is 5.56 Å². The maximum absolute atomic E-state index is 11.1. The first-order valence-corrected chi connectivity index (χ1v) is 5.21. The van der Waals surface area contributed by atoms with E-state index in [4.69, 9.17) is 0 Å². The van der Waals surface area contributed by atoms with Crippen molar-refractivity contribution in [2.45, 2.75) is 13.8 Å². The molecule has 0 amide bonds. The molecule has 0 fully saturated rings. The lowest BCUT2D eigenvalue weighted by Crippen LogP contribution is -1.93. The van der Waals surface area contributed by atoms with E-state index in [1.165, 1.54) is 5.56 Å². The van der Waals surface area contributed by atoms with Gasteiger partial charge in [-0.05, 0) is 32.0 Å². The Balaban J connectivity index is 2.38. The summed E-state index contributed by atoms with van der Waals surface area (Å²) in [6.45, 7) is 3.59. The quantitative estimate of drug-likeness (QED) is 0.714. The third-order valence-corrected chi connectivity index (χ3v) is 2.48. The molecular weight excluding hydrogens is 198 g/mol. The zero-order valence-electron chi connectivity index (χ0n) is 9.40. The van der Waals surface area contributed by atoms with Crippen LogP contribution in [0.5, 0.6) is 0 Å². The summed E-state index contributed by atoms with van der Waals surface area (Å²) in [4.78, 5) is 15.4. The Labute approximate surface area is 95.0 Å².